The van der Waals surface area contributed by atoms with Crippen molar-refractivity contribution >= 4 is 27.8 Å². The van der Waals surface area contributed by atoms with Crippen LogP contribution < -0.4 is 4.90 Å². The summed E-state index contributed by atoms with van der Waals surface area (Å²) in [6.07, 6.45) is 0. The molecule has 0 N–H and O–H groups in total. The standard InChI is InChI=1S/C46H37N/c1-45(2)38-20-10-11-23-42(38)47-43-27-24-32(29-41(43)46(3,4)40-22-13-21-39(45)44(40)47)31-16-12-17-33(28-31)35-26-25-34(30-14-6-5-7-15-30)36-18-8-9-19-37(35)36/h5-29H,1-4H3. The average Bonchev–Trinajstić information content (AvgIpc) is 3.11. The van der Waals surface area contributed by atoms with Crippen molar-refractivity contribution in [3.8, 4) is 33.4 Å². The molecule has 2 aliphatic heterocycles. The van der Waals surface area contributed by atoms with Crippen LogP contribution in [0.4, 0.5) is 17.1 Å². The third-order valence-corrected chi connectivity index (χ3v) is 10.9. The predicted octanol–water partition coefficient (Wildman–Crippen LogP) is 12.6. The quantitative estimate of drug-likeness (QED) is 0.194. The van der Waals surface area contributed by atoms with Crippen molar-refractivity contribution in [1.82, 2.24) is 0 Å². The summed E-state index contributed by atoms with van der Waals surface area (Å²) in [4.78, 5) is 2.53. The highest BCUT2D eigenvalue weighted by molar-refractivity contribution is 6.05. The fourth-order valence-corrected chi connectivity index (χ4v) is 8.35. The molecule has 0 aromatic heterocycles. The molecular formula is C46H37N. The Morgan fingerprint density at radius 3 is 1.62 bits per heavy atom. The zero-order valence-electron chi connectivity index (χ0n) is 27.4. The van der Waals surface area contributed by atoms with Gasteiger partial charge in [-0.25, -0.2) is 0 Å². The Hall–Kier alpha value is -5.40. The first kappa shape index (κ1) is 27.9. The van der Waals surface area contributed by atoms with E-state index in [1.165, 1.54) is 83.5 Å². The molecule has 226 valence electrons. The summed E-state index contributed by atoms with van der Waals surface area (Å²) in [7, 11) is 0. The van der Waals surface area contributed by atoms with Gasteiger partial charge in [-0.15, -0.1) is 0 Å². The van der Waals surface area contributed by atoms with Crippen molar-refractivity contribution in [2.45, 2.75) is 38.5 Å². The van der Waals surface area contributed by atoms with Gasteiger partial charge in [0.25, 0.3) is 0 Å². The van der Waals surface area contributed by atoms with Gasteiger partial charge in [0.05, 0.1) is 17.1 Å². The maximum absolute atomic E-state index is 2.53. The maximum atomic E-state index is 2.53. The third kappa shape index (κ3) is 4.02. The summed E-state index contributed by atoms with van der Waals surface area (Å²) in [5.74, 6) is 0. The zero-order valence-corrected chi connectivity index (χ0v) is 27.4. The van der Waals surface area contributed by atoms with Crippen molar-refractivity contribution in [3.05, 3.63) is 174 Å². The van der Waals surface area contributed by atoms with Gasteiger partial charge >= 0.3 is 0 Å². The summed E-state index contributed by atoms with van der Waals surface area (Å²) in [5, 5.41) is 2.55. The molecule has 2 heterocycles. The maximum Gasteiger partial charge on any atom is 0.0543 e. The van der Waals surface area contributed by atoms with E-state index in [-0.39, 0.29) is 10.8 Å². The minimum absolute atomic E-state index is 0.0735. The monoisotopic (exact) mass is 603 g/mol. The van der Waals surface area contributed by atoms with Crippen molar-refractivity contribution in [2.24, 2.45) is 0 Å². The Labute approximate surface area is 277 Å². The van der Waals surface area contributed by atoms with Crippen LogP contribution in [0.1, 0.15) is 49.9 Å². The second kappa shape index (κ2) is 10.0. The summed E-state index contributed by atoms with van der Waals surface area (Å²) in [6, 6.07) is 56.2. The molecule has 1 heteroatoms. The smallest absolute Gasteiger partial charge is 0.0543 e. The molecule has 0 saturated carbocycles. The van der Waals surface area contributed by atoms with Crippen LogP contribution in [-0.4, -0.2) is 0 Å². The predicted molar refractivity (Wildman–Crippen MR) is 199 cm³/mol. The molecule has 7 aromatic carbocycles. The molecule has 0 bridgehead atoms. The first-order valence-corrected chi connectivity index (χ1v) is 16.7. The molecular weight excluding hydrogens is 567 g/mol. The van der Waals surface area contributed by atoms with Gasteiger partial charge in [0.1, 0.15) is 0 Å². The van der Waals surface area contributed by atoms with Crippen LogP contribution in [0.2, 0.25) is 0 Å². The number of fused-ring (bicyclic) bond motifs is 5. The second-order valence-electron chi connectivity index (χ2n) is 14.2. The van der Waals surface area contributed by atoms with E-state index < -0.39 is 0 Å². The largest absolute Gasteiger partial charge is 0.309 e. The average molecular weight is 604 g/mol. The second-order valence-corrected chi connectivity index (χ2v) is 14.2. The highest BCUT2D eigenvalue weighted by atomic mass is 15.2. The molecule has 0 unspecified atom stereocenters. The third-order valence-electron chi connectivity index (χ3n) is 10.9. The van der Waals surface area contributed by atoms with Gasteiger partial charge in [0, 0.05) is 10.8 Å². The molecule has 0 spiro atoms. The van der Waals surface area contributed by atoms with Crippen LogP contribution in [0, 0.1) is 0 Å². The van der Waals surface area contributed by atoms with E-state index >= 15 is 0 Å². The van der Waals surface area contributed by atoms with Crippen LogP contribution in [0.3, 0.4) is 0 Å². The Morgan fingerprint density at radius 1 is 0.362 bits per heavy atom. The summed E-state index contributed by atoms with van der Waals surface area (Å²) < 4.78 is 0. The van der Waals surface area contributed by atoms with Crippen LogP contribution in [0.15, 0.2) is 152 Å². The van der Waals surface area contributed by atoms with E-state index in [1.54, 1.807) is 0 Å². The van der Waals surface area contributed by atoms with E-state index in [0.29, 0.717) is 0 Å². The molecule has 9 rings (SSSR count). The minimum atomic E-state index is -0.156. The van der Waals surface area contributed by atoms with Crippen LogP contribution in [-0.2, 0) is 10.8 Å². The molecule has 7 aromatic rings. The number of hydrogen-bond donors (Lipinski definition) is 0. The number of benzene rings is 7. The van der Waals surface area contributed by atoms with Gasteiger partial charge < -0.3 is 4.90 Å². The first-order valence-electron chi connectivity index (χ1n) is 16.7. The molecule has 1 nitrogen and oxygen atoms in total. The fraction of sp³-hybridized carbons (Fsp3) is 0.130. The lowest BCUT2D eigenvalue weighted by Gasteiger charge is -2.49. The van der Waals surface area contributed by atoms with E-state index in [0.717, 1.165) is 0 Å². The number of anilines is 3. The summed E-state index contributed by atoms with van der Waals surface area (Å²) in [6.45, 7) is 9.53. The highest BCUT2D eigenvalue weighted by Gasteiger charge is 2.45. The van der Waals surface area contributed by atoms with Gasteiger partial charge in [0.15, 0.2) is 0 Å². The van der Waals surface area contributed by atoms with E-state index in [9.17, 15) is 0 Å². The van der Waals surface area contributed by atoms with Crippen LogP contribution >= 0.6 is 0 Å². The first-order chi connectivity index (χ1) is 22.8. The lowest BCUT2D eigenvalue weighted by Crippen LogP contribution is -2.38. The van der Waals surface area contributed by atoms with Gasteiger partial charge in [-0.2, -0.15) is 0 Å². The summed E-state index contributed by atoms with van der Waals surface area (Å²) >= 11 is 0. The molecule has 0 aliphatic carbocycles. The normalized spacial score (nSPS) is 15.1. The van der Waals surface area contributed by atoms with Crippen molar-refractivity contribution in [2.75, 3.05) is 4.90 Å². The highest BCUT2D eigenvalue weighted by Crippen LogP contribution is 2.60. The molecule has 0 radical (unpaired) electrons. The zero-order chi connectivity index (χ0) is 31.9. The minimum Gasteiger partial charge on any atom is -0.309 e. The molecule has 0 amide bonds. The fourth-order valence-electron chi connectivity index (χ4n) is 8.35. The van der Waals surface area contributed by atoms with Crippen LogP contribution in [0.5, 0.6) is 0 Å². The Balaban J connectivity index is 1.19. The van der Waals surface area contributed by atoms with Crippen molar-refractivity contribution < 1.29 is 0 Å². The van der Waals surface area contributed by atoms with E-state index in [2.05, 4.69) is 184 Å². The van der Waals surface area contributed by atoms with Crippen molar-refractivity contribution in [3.63, 3.8) is 0 Å². The number of para-hydroxylation sites is 2. The van der Waals surface area contributed by atoms with Gasteiger partial charge in [-0.05, 0) is 90.7 Å². The van der Waals surface area contributed by atoms with E-state index in [1.807, 2.05) is 0 Å². The van der Waals surface area contributed by atoms with Crippen molar-refractivity contribution in [1.29, 1.82) is 0 Å². The lowest BCUT2D eigenvalue weighted by molar-refractivity contribution is 0.597. The molecule has 47 heavy (non-hydrogen) atoms. The number of hydrogen-bond acceptors (Lipinski definition) is 1. The number of rotatable bonds is 3. The van der Waals surface area contributed by atoms with Gasteiger partial charge in [-0.3, -0.25) is 0 Å². The SMILES string of the molecule is CC1(C)c2ccccc2N2c3ccc(-c4cccc(-c5ccc(-c6ccccc6)c6ccccc56)c4)cc3C(C)(C)c3cccc1c32. The van der Waals surface area contributed by atoms with Gasteiger partial charge in [0.2, 0.25) is 0 Å². The Kier molecular flexibility index (Phi) is 5.96. The Bertz CT molecular complexity index is 2360. The summed E-state index contributed by atoms with van der Waals surface area (Å²) in [5.41, 5.74) is 16.7. The lowest BCUT2D eigenvalue weighted by atomic mass is 9.66. The van der Waals surface area contributed by atoms with E-state index in [4.69, 9.17) is 0 Å². The molecule has 2 aliphatic rings. The number of nitrogens with zero attached hydrogens (tertiary/aromatic N) is 1. The van der Waals surface area contributed by atoms with Gasteiger partial charge in [-0.1, -0.05) is 155 Å². The molecule has 0 atom stereocenters. The molecule has 0 saturated heterocycles. The van der Waals surface area contributed by atoms with Crippen LogP contribution in [0.25, 0.3) is 44.2 Å². The molecule has 0 fully saturated rings. The topological polar surface area (TPSA) is 3.24 Å². The Morgan fingerprint density at radius 2 is 0.872 bits per heavy atom.